The molecule has 1 aromatic heterocycles. The molecule has 1 aliphatic heterocycles. The number of rotatable bonds is 5. The van der Waals surface area contributed by atoms with Gasteiger partial charge in [0.25, 0.3) is 0 Å². The zero-order valence-corrected chi connectivity index (χ0v) is 13.4. The van der Waals surface area contributed by atoms with E-state index in [1.165, 1.54) is 30.7 Å². The van der Waals surface area contributed by atoms with Crippen LogP contribution in [0.2, 0.25) is 0 Å². The number of nitrogen functional groups attached to an aromatic ring is 1. The van der Waals surface area contributed by atoms with Gasteiger partial charge in [0.05, 0.1) is 0 Å². The SMILES string of the molecule is CC(=O)OC[C@H]1C=C[C@@H](n2ccc(N)nc2=O)O[C@@H]1COC(C)=O. The first kappa shape index (κ1) is 17.7. The lowest BCUT2D eigenvalue weighted by Gasteiger charge is -2.32. The van der Waals surface area contributed by atoms with E-state index in [4.69, 9.17) is 19.9 Å². The van der Waals surface area contributed by atoms with E-state index in [1.54, 1.807) is 12.2 Å². The Morgan fingerprint density at radius 2 is 1.92 bits per heavy atom. The molecule has 130 valence electrons. The van der Waals surface area contributed by atoms with Gasteiger partial charge in [0, 0.05) is 26.0 Å². The van der Waals surface area contributed by atoms with Crippen LogP contribution in [0, 0.1) is 5.92 Å². The molecular formula is C15H19N3O6. The highest BCUT2D eigenvalue weighted by Crippen LogP contribution is 2.25. The number of nitrogens with two attached hydrogens (primary N) is 1. The van der Waals surface area contributed by atoms with Gasteiger partial charge in [-0.2, -0.15) is 4.98 Å². The number of ether oxygens (including phenoxy) is 3. The number of aromatic nitrogens is 2. The van der Waals surface area contributed by atoms with E-state index in [9.17, 15) is 14.4 Å². The Bertz CT molecular complexity index is 699. The second kappa shape index (κ2) is 7.73. The van der Waals surface area contributed by atoms with Crippen molar-refractivity contribution < 1.29 is 23.8 Å². The second-order valence-corrected chi connectivity index (χ2v) is 5.26. The molecule has 0 amide bonds. The first-order chi connectivity index (χ1) is 11.4. The van der Waals surface area contributed by atoms with Crippen molar-refractivity contribution in [1.29, 1.82) is 0 Å². The Morgan fingerprint density at radius 3 is 2.54 bits per heavy atom. The summed E-state index contributed by atoms with van der Waals surface area (Å²) in [6.07, 6.45) is 3.58. The molecule has 2 rings (SSSR count). The Labute approximate surface area is 138 Å². The van der Waals surface area contributed by atoms with Gasteiger partial charge in [-0.3, -0.25) is 14.2 Å². The molecule has 1 aromatic rings. The Kier molecular flexibility index (Phi) is 5.69. The smallest absolute Gasteiger partial charge is 0.351 e. The van der Waals surface area contributed by atoms with Crippen LogP contribution in [0.4, 0.5) is 5.82 Å². The molecule has 0 fully saturated rings. The van der Waals surface area contributed by atoms with Gasteiger partial charge in [0.1, 0.15) is 25.1 Å². The van der Waals surface area contributed by atoms with E-state index in [0.717, 1.165) is 0 Å². The number of esters is 2. The maximum Gasteiger partial charge on any atom is 0.351 e. The standard InChI is InChI=1S/C15H19N3O6/c1-9(19)22-7-11-3-4-14(24-12(11)8-23-10(2)20)18-6-5-13(16)17-15(18)21/h3-6,11-12,14H,7-8H2,1-2H3,(H2,16,17,21)/t11-,12-,14+/m1/s1. The highest BCUT2D eigenvalue weighted by Gasteiger charge is 2.30. The van der Waals surface area contributed by atoms with Crippen LogP contribution in [0.15, 0.2) is 29.2 Å². The van der Waals surface area contributed by atoms with Gasteiger partial charge in [0.2, 0.25) is 0 Å². The largest absolute Gasteiger partial charge is 0.465 e. The van der Waals surface area contributed by atoms with Gasteiger partial charge in [0.15, 0.2) is 6.23 Å². The van der Waals surface area contributed by atoms with Crippen LogP contribution in [-0.2, 0) is 23.8 Å². The summed E-state index contributed by atoms with van der Waals surface area (Å²) in [4.78, 5) is 37.6. The summed E-state index contributed by atoms with van der Waals surface area (Å²) in [6.45, 7) is 2.64. The van der Waals surface area contributed by atoms with Crippen LogP contribution in [0.5, 0.6) is 0 Å². The van der Waals surface area contributed by atoms with Crippen molar-refractivity contribution in [2.75, 3.05) is 18.9 Å². The average Bonchev–Trinajstić information content (AvgIpc) is 2.51. The Morgan fingerprint density at radius 1 is 1.25 bits per heavy atom. The normalized spacial score (nSPS) is 22.8. The minimum atomic E-state index is -0.722. The van der Waals surface area contributed by atoms with Gasteiger partial charge in [-0.15, -0.1) is 0 Å². The van der Waals surface area contributed by atoms with Crippen molar-refractivity contribution in [2.45, 2.75) is 26.2 Å². The lowest BCUT2D eigenvalue weighted by Crippen LogP contribution is -2.39. The van der Waals surface area contributed by atoms with Crippen LogP contribution in [0.25, 0.3) is 0 Å². The van der Waals surface area contributed by atoms with Gasteiger partial charge in [-0.05, 0) is 12.1 Å². The van der Waals surface area contributed by atoms with Crippen molar-refractivity contribution in [3.63, 3.8) is 0 Å². The fraction of sp³-hybridized carbons (Fsp3) is 0.467. The molecule has 9 heteroatoms. The van der Waals surface area contributed by atoms with E-state index in [-0.39, 0.29) is 24.9 Å². The summed E-state index contributed by atoms with van der Waals surface area (Å²) in [6, 6.07) is 1.48. The van der Waals surface area contributed by atoms with E-state index in [0.29, 0.717) is 0 Å². The molecule has 0 unspecified atom stereocenters. The maximum atomic E-state index is 11.9. The lowest BCUT2D eigenvalue weighted by molar-refractivity contribution is -0.156. The van der Waals surface area contributed by atoms with E-state index in [2.05, 4.69) is 4.98 Å². The summed E-state index contributed by atoms with van der Waals surface area (Å²) >= 11 is 0. The van der Waals surface area contributed by atoms with Gasteiger partial charge in [-0.25, -0.2) is 4.79 Å². The van der Waals surface area contributed by atoms with Gasteiger partial charge < -0.3 is 19.9 Å². The van der Waals surface area contributed by atoms with E-state index >= 15 is 0 Å². The maximum absolute atomic E-state index is 11.9. The quantitative estimate of drug-likeness (QED) is 0.589. The number of hydrogen-bond acceptors (Lipinski definition) is 8. The predicted molar refractivity (Wildman–Crippen MR) is 82.7 cm³/mol. The zero-order valence-electron chi connectivity index (χ0n) is 13.4. The molecule has 0 spiro atoms. The fourth-order valence-corrected chi connectivity index (χ4v) is 2.20. The summed E-state index contributed by atoms with van der Waals surface area (Å²) in [5.74, 6) is -1.07. The van der Waals surface area contributed by atoms with Crippen LogP contribution in [-0.4, -0.2) is 40.8 Å². The molecule has 2 N–H and O–H groups in total. The minimum absolute atomic E-state index is 0.0285. The molecule has 0 saturated carbocycles. The highest BCUT2D eigenvalue weighted by atomic mass is 16.6. The molecule has 0 radical (unpaired) electrons. The van der Waals surface area contributed by atoms with Crippen molar-refractivity contribution >= 4 is 17.8 Å². The van der Waals surface area contributed by atoms with E-state index < -0.39 is 30.0 Å². The minimum Gasteiger partial charge on any atom is -0.465 e. The third-order valence-corrected chi connectivity index (χ3v) is 3.37. The summed E-state index contributed by atoms with van der Waals surface area (Å²) in [5, 5.41) is 0. The van der Waals surface area contributed by atoms with Crippen molar-refractivity contribution in [1.82, 2.24) is 9.55 Å². The Balaban J connectivity index is 2.18. The molecule has 0 bridgehead atoms. The fourth-order valence-electron chi connectivity index (χ4n) is 2.20. The highest BCUT2D eigenvalue weighted by molar-refractivity contribution is 5.66. The van der Waals surface area contributed by atoms with Crippen molar-refractivity contribution in [3.05, 3.63) is 34.9 Å². The monoisotopic (exact) mass is 337 g/mol. The van der Waals surface area contributed by atoms with Crippen LogP contribution < -0.4 is 11.4 Å². The zero-order chi connectivity index (χ0) is 17.7. The van der Waals surface area contributed by atoms with Crippen LogP contribution >= 0.6 is 0 Å². The van der Waals surface area contributed by atoms with Crippen LogP contribution in [0.1, 0.15) is 20.1 Å². The number of hydrogen-bond donors (Lipinski definition) is 1. The molecule has 0 aliphatic carbocycles. The second-order valence-electron chi connectivity index (χ2n) is 5.26. The predicted octanol–water partition coefficient (Wildman–Crippen LogP) is 0.0215. The molecule has 3 atom stereocenters. The van der Waals surface area contributed by atoms with E-state index in [1.807, 2.05) is 0 Å². The number of carbonyl (C=O) groups is 2. The molecule has 0 saturated heterocycles. The number of nitrogens with zero attached hydrogens (tertiary/aromatic N) is 2. The number of carbonyl (C=O) groups excluding carboxylic acids is 2. The first-order valence-corrected chi connectivity index (χ1v) is 7.32. The topological polar surface area (TPSA) is 123 Å². The van der Waals surface area contributed by atoms with Gasteiger partial charge >= 0.3 is 17.6 Å². The van der Waals surface area contributed by atoms with Crippen molar-refractivity contribution in [2.24, 2.45) is 5.92 Å². The molecule has 1 aliphatic rings. The van der Waals surface area contributed by atoms with Crippen molar-refractivity contribution in [3.8, 4) is 0 Å². The molecule has 2 heterocycles. The summed E-state index contributed by atoms with van der Waals surface area (Å²) < 4.78 is 17.1. The van der Waals surface area contributed by atoms with Gasteiger partial charge in [-0.1, -0.05) is 6.08 Å². The Hall–Kier alpha value is -2.68. The molecule has 9 nitrogen and oxygen atoms in total. The first-order valence-electron chi connectivity index (χ1n) is 7.32. The lowest BCUT2D eigenvalue weighted by atomic mass is 10.0. The summed E-state index contributed by atoms with van der Waals surface area (Å²) in [5.41, 5.74) is 4.91. The van der Waals surface area contributed by atoms with Crippen LogP contribution in [0.3, 0.4) is 0 Å². The molecular weight excluding hydrogens is 318 g/mol. The third-order valence-electron chi connectivity index (χ3n) is 3.37. The molecule has 24 heavy (non-hydrogen) atoms. The summed E-state index contributed by atoms with van der Waals surface area (Å²) in [7, 11) is 0. The molecule has 0 aromatic carbocycles. The average molecular weight is 337 g/mol. The third kappa shape index (κ3) is 4.66. The number of anilines is 1.